The number of ether oxygens (including phenoxy) is 1. The minimum Gasteiger partial charge on any atom is -0.489 e. The summed E-state index contributed by atoms with van der Waals surface area (Å²) in [7, 11) is 0. The smallest absolute Gasteiger partial charge is 0.119 e. The quantitative estimate of drug-likeness (QED) is 0.885. The first-order valence-electron chi connectivity index (χ1n) is 8.48. The average molecular weight is 310 g/mol. The summed E-state index contributed by atoms with van der Waals surface area (Å²) in [6, 6.07) is 17.2. The maximum atomic E-state index is 6.00. The van der Waals surface area contributed by atoms with Gasteiger partial charge in [-0.15, -0.1) is 0 Å². The molecule has 0 saturated carbocycles. The molecule has 1 aliphatic heterocycles. The summed E-state index contributed by atoms with van der Waals surface area (Å²) in [4.78, 5) is 2.49. The fourth-order valence-electron chi connectivity index (χ4n) is 3.19. The van der Waals surface area contributed by atoms with Crippen LogP contribution < -0.4 is 10.5 Å². The fraction of sp³-hybridized carbons (Fsp3) is 0.400. The van der Waals surface area contributed by atoms with Gasteiger partial charge in [-0.2, -0.15) is 0 Å². The molecule has 2 aromatic carbocycles. The highest BCUT2D eigenvalue weighted by Crippen LogP contribution is 2.26. The minimum atomic E-state index is 0.337. The number of benzene rings is 2. The molecule has 3 rings (SSSR count). The first-order chi connectivity index (χ1) is 11.3. The van der Waals surface area contributed by atoms with Crippen LogP contribution in [0.4, 0.5) is 0 Å². The summed E-state index contributed by atoms with van der Waals surface area (Å²) in [6.45, 7) is 5.69. The van der Waals surface area contributed by atoms with Gasteiger partial charge in [-0.3, -0.25) is 4.90 Å². The lowest BCUT2D eigenvalue weighted by atomic mass is 10.1. The Hall–Kier alpha value is -1.84. The monoisotopic (exact) mass is 310 g/mol. The average Bonchev–Trinajstić information content (AvgIpc) is 3.10. The van der Waals surface area contributed by atoms with Gasteiger partial charge in [0.25, 0.3) is 0 Å². The molecule has 2 N–H and O–H groups in total. The maximum Gasteiger partial charge on any atom is 0.119 e. The second kappa shape index (κ2) is 7.62. The second-order valence-electron chi connectivity index (χ2n) is 6.34. The van der Waals surface area contributed by atoms with Gasteiger partial charge in [0.05, 0.1) is 0 Å². The highest BCUT2D eigenvalue weighted by molar-refractivity contribution is 5.30. The van der Waals surface area contributed by atoms with Crippen molar-refractivity contribution in [1.29, 1.82) is 0 Å². The Labute approximate surface area is 139 Å². The lowest BCUT2D eigenvalue weighted by Crippen LogP contribution is -2.31. The molecule has 1 heterocycles. The Kier molecular flexibility index (Phi) is 5.31. The molecule has 1 unspecified atom stereocenters. The molecule has 0 radical (unpaired) electrons. The Morgan fingerprint density at radius 2 is 1.65 bits per heavy atom. The molecule has 23 heavy (non-hydrogen) atoms. The van der Waals surface area contributed by atoms with Gasteiger partial charge in [0.15, 0.2) is 0 Å². The number of aryl methyl sites for hydroxylation is 1. The molecule has 2 aromatic rings. The molecular weight excluding hydrogens is 284 g/mol. The van der Waals surface area contributed by atoms with E-state index in [-0.39, 0.29) is 0 Å². The summed E-state index contributed by atoms with van der Waals surface area (Å²) in [5, 5.41) is 0. The summed E-state index contributed by atoms with van der Waals surface area (Å²) in [5.74, 6) is 0.909. The number of nitrogens with two attached hydrogens (primary N) is 1. The third-order valence-electron chi connectivity index (χ3n) is 4.60. The predicted molar refractivity (Wildman–Crippen MR) is 94.6 cm³/mol. The van der Waals surface area contributed by atoms with E-state index in [0.29, 0.717) is 19.2 Å². The van der Waals surface area contributed by atoms with Gasteiger partial charge in [0, 0.05) is 12.6 Å². The van der Waals surface area contributed by atoms with Crippen LogP contribution in [0.25, 0.3) is 0 Å². The third kappa shape index (κ3) is 4.12. The number of rotatable bonds is 6. The highest BCUT2D eigenvalue weighted by atomic mass is 16.5. The molecule has 1 atom stereocenters. The van der Waals surface area contributed by atoms with Crippen molar-refractivity contribution in [2.75, 3.05) is 19.6 Å². The van der Waals surface area contributed by atoms with Crippen molar-refractivity contribution in [3.63, 3.8) is 0 Å². The standard InChI is InChI=1S/C20H26N2O/c1-16-4-6-17(7-5-16)15-23-19-10-8-18(9-11-19)20(14-21)22-12-2-3-13-22/h4-11,20H,2-3,12-15,21H2,1H3. The van der Waals surface area contributed by atoms with E-state index in [1.54, 1.807) is 0 Å². The summed E-state index contributed by atoms with van der Waals surface area (Å²) in [5.41, 5.74) is 9.75. The van der Waals surface area contributed by atoms with E-state index in [9.17, 15) is 0 Å². The third-order valence-corrected chi connectivity index (χ3v) is 4.60. The van der Waals surface area contributed by atoms with Crippen LogP contribution in [0.1, 0.15) is 35.6 Å². The summed E-state index contributed by atoms with van der Waals surface area (Å²) < 4.78 is 5.88. The number of likely N-dealkylation sites (tertiary alicyclic amines) is 1. The van der Waals surface area contributed by atoms with E-state index in [1.807, 2.05) is 0 Å². The first-order valence-corrected chi connectivity index (χ1v) is 8.48. The molecule has 1 saturated heterocycles. The van der Waals surface area contributed by atoms with Crippen molar-refractivity contribution in [2.24, 2.45) is 5.73 Å². The molecule has 0 aliphatic carbocycles. The van der Waals surface area contributed by atoms with Crippen molar-refractivity contribution in [3.8, 4) is 5.75 Å². The largest absolute Gasteiger partial charge is 0.489 e. The molecule has 0 bridgehead atoms. The van der Waals surface area contributed by atoms with Crippen LogP contribution >= 0.6 is 0 Å². The molecule has 0 spiro atoms. The zero-order valence-corrected chi connectivity index (χ0v) is 13.9. The van der Waals surface area contributed by atoms with Crippen molar-refractivity contribution in [2.45, 2.75) is 32.4 Å². The van der Waals surface area contributed by atoms with Crippen molar-refractivity contribution in [1.82, 2.24) is 4.90 Å². The van der Waals surface area contributed by atoms with E-state index in [4.69, 9.17) is 10.5 Å². The molecule has 1 fully saturated rings. The van der Waals surface area contributed by atoms with Crippen LogP contribution in [0.5, 0.6) is 5.75 Å². The highest BCUT2D eigenvalue weighted by Gasteiger charge is 2.21. The molecule has 3 nitrogen and oxygen atoms in total. The fourth-order valence-corrected chi connectivity index (χ4v) is 3.19. The number of nitrogens with zero attached hydrogens (tertiary/aromatic N) is 1. The van der Waals surface area contributed by atoms with E-state index in [1.165, 1.54) is 29.5 Å². The Balaban J connectivity index is 1.60. The van der Waals surface area contributed by atoms with Crippen LogP contribution in [0.3, 0.4) is 0 Å². The zero-order chi connectivity index (χ0) is 16.1. The van der Waals surface area contributed by atoms with Crippen molar-refractivity contribution >= 4 is 0 Å². The predicted octanol–water partition coefficient (Wildman–Crippen LogP) is 3.67. The van der Waals surface area contributed by atoms with E-state index < -0.39 is 0 Å². The second-order valence-corrected chi connectivity index (χ2v) is 6.34. The van der Waals surface area contributed by atoms with Gasteiger partial charge in [-0.05, 0) is 56.1 Å². The van der Waals surface area contributed by atoms with Crippen LogP contribution in [0.2, 0.25) is 0 Å². The Morgan fingerprint density at radius 1 is 1.00 bits per heavy atom. The summed E-state index contributed by atoms with van der Waals surface area (Å²) in [6.07, 6.45) is 2.57. The van der Waals surface area contributed by atoms with Crippen LogP contribution in [-0.4, -0.2) is 24.5 Å². The first kappa shape index (κ1) is 16.0. The van der Waals surface area contributed by atoms with Crippen molar-refractivity contribution < 1.29 is 4.74 Å². The van der Waals surface area contributed by atoms with Crippen LogP contribution in [0, 0.1) is 6.92 Å². The molecule has 1 aliphatic rings. The van der Waals surface area contributed by atoms with E-state index in [0.717, 1.165) is 18.8 Å². The van der Waals surface area contributed by atoms with Gasteiger partial charge in [-0.1, -0.05) is 42.0 Å². The Bertz CT molecular complexity index is 601. The maximum absolute atomic E-state index is 6.00. The van der Waals surface area contributed by atoms with Crippen molar-refractivity contribution in [3.05, 3.63) is 65.2 Å². The van der Waals surface area contributed by atoms with Crippen LogP contribution in [0.15, 0.2) is 48.5 Å². The van der Waals surface area contributed by atoms with Gasteiger partial charge in [0.1, 0.15) is 12.4 Å². The van der Waals surface area contributed by atoms with Gasteiger partial charge >= 0.3 is 0 Å². The number of hydrogen-bond acceptors (Lipinski definition) is 3. The molecule has 0 aromatic heterocycles. The molecular formula is C20H26N2O. The van der Waals surface area contributed by atoms with Crippen LogP contribution in [-0.2, 0) is 6.61 Å². The van der Waals surface area contributed by atoms with E-state index >= 15 is 0 Å². The van der Waals surface area contributed by atoms with Gasteiger partial charge in [0.2, 0.25) is 0 Å². The molecule has 3 heteroatoms. The van der Waals surface area contributed by atoms with Gasteiger partial charge < -0.3 is 10.5 Å². The lowest BCUT2D eigenvalue weighted by molar-refractivity contribution is 0.251. The summed E-state index contributed by atoms with van der Waals surface area (Å²) >= 11 is 0. The Morgan fingerprint density at radius 3 is 2.26 bits per heavy atom. The number of hydrogen-bond donors (Lipinski definition) is 1. The normalized spacial score (nSPS) is 16.4. The van der Waals surface area contributed by atoms with E-state index in [2.05, 4.69) is 60.4 Å². The molecule has 122 valence electrons. The lowest BCUT2D eigenvalue weighted by Gasteiger charge is -2.26. The minimum absolute atomic E-state index is 0.337. The topological polar surface area (TPSA) is 38.5 Å². The zero-order valence-electron chi connectivity index (χ0n) is 13.9. The van der Waals surface area contributed by atoms with Gasteiger partial charge in [-0.25, -0.2) is 0 Å². The SMILES string of the molecule is Cc1ccc(COc2ccc(C(CN)N3CCCC3)cc2)cc1. The molecule has 0 amide bonds.